The van der Waals surface area contributed by atoms with Gasteiger partial charge in [0.05, 0.1) is 23.7 Å². The Balaban J connectivity index is 1.98. The highest BCUT2D eigenvalue weighted by atomic mass is 32.2. The third-order valence-corrected chi connectivity index (χ3v) is 6.76. The summed E-state index contributed by atoms with van der Waals surface area (Å²) in [4.78, 5) is 40.0. The zero-order valence-corrected chi connectivity index (χ0v) is 18.9. The van der Waals surface area contributed by atoms with Crippen LogP contribution in [0.5, 0.6) is 5.75 Å². The predicted molar refractivity (Wildman–Crippen MR) is 119 cm³/mol. The number of hydrogen-bond donors (Lipinski definition) is 2. The lowest BCUT2D eigenvalue weighted by Crippen LogP contribution is -2.55. The van der Waals surface area contributed by atoms with Crippen molar-refractivity contribution in [1.29, 1.82) is 0 Å². The second-order valence-corrected chi connectivity index (χ2v) is 9.02. The first kappa shape index (κ1) is 24.8. The van der Waals surface area contributed by atoms with E-state index in [0.29, 0.717) is 22.7 Å². The summed E-state index contributed by atoms with van der Waals surface area (Å²) in [6.07, 6.45) is 0. The first-order valence-corrected chi connectivity index (χ1v) is 11.4. The maximum absolute atomic E-state index is 14.0. The number of rotatable bonds is 8. The Kier molecular flexibility index (Phi) is 7.25. The third kappa shape index (κ3) is 5.36. The number of carbonyl (C=O) groups is 3. The van der Waals surface area contributed by atoms with Gasteiger partial charge in [-0.2, -0.15) is 0 Å². The van der Waals surface area contributed by atoms with E-state index in [-0.39, 0.29) is 17.1 Å². The lowest BCUT2D eigenvalue weighted by molar-refractivity contribution is -0.119. The summed E-state index contributed by atoms with van der Waals surface area (Å²) in [5, 5.41) is 2.12. The average Bonchev–Trinajstić information content (AvgIpc) is 2.74. The minimum absolute atomic E-state index is 0.00400. The van der Waals surface area contributed by atoms with Crippen LogP contribution in [0.15, 0.2) is 47.5 Å². The van der Waals surface area contributed by atoms with E-state index in [9.17, 15) is 31.6 Å². The second-order valence-electron chi connectivity index (χ2n) is 7.08. The number of sulfonamides is 1. The first-order valence-electron chi connectivity index (χ1n) is 9.92. The normalized spacial score (nSPS) is 15.9. The van der Waals surface area contributed by atoms with Gasteiger partial charge in [0.2, 0.25) is 5.91 Å². The number of hydrogen-bond acceptors (Lipinski definition) is 6. The van der Waals surface area contributed by atoms with E-state index in [0.717, 1.165) is 12.1 Å². The number of anilines is 2. The van der Waals surface area contributed by atoms with Crippen LogP contribution < -0.4 is 19.7 Å². The smallest absolute Gasteiger partial charge is 0.347 e. The Morgan fingerprint density at radius 1 is 1.18 bits per heavy atom. The molecule has 4 amide bonds. The Bertz CT molecular complexity index is 1260. The molecule has 0 aliphatic carbocycles. The third-order valence-electron chi connectivity index (χ3n) is 4.66. The van der Waals surface area contributed by atoms with Crippen molar-refractivity contribution in [2.45, 2.75) is 19.1 Å². The van der Waals surface area contributed by atoms with Crippen molar-refractivity contribution in [1.82, 2.24) is 5.32 Å². The highest BCUT2D eigenvalue weighted by Gasteiger charge is 2.43. The van der Waals surface area contributed by atoms with Crippen LogP contribution in [-0.2, 0) is 19.6 Å². The minimum atomic E-state index is -4.65. The van der Waals surface area contributed by atoms with Crippen molar-refractivity contribution in [3.8, 4) is 5.75 Å². The largest absolute Gasteiger partial charge is 0.494 e. The molecule has 2 aromatic rings. The first-order chi connectivity index (χ1) is 16.0. The quantitative estimate of drug-likeness (QED) is 0.578. The molecule has 0 radical (unpaired) electrons. The summed E-state index contributed by atoms with van der Waals surface area (Å²) >= 11 is 0. The van der Waals surface area contributed by atoms with E-state index < -0.39 is 51.3 Å². The Labute approximate surface area is 193 Å². The van der Waals surface area contributed by atoms with Crippen LogP contribution in [0.1, 0.15) is 13.8 Å². The molecule has 1 heterocycles. The molecule has 0 spiro atoms. The van der Waals surface area contributed by atoms with Gasteiger partial charge in [-0.3, -0.25) is 19.2 Å². The molecule has 0 bridgehead atoms. The summed E-state index contributed by atoms with van der Waals surface area (Å²) in [7, 11) is -4.65. The summed E-state index contributed by atoms with van der Waals surface area (Å²) in [5.74, 6) is -3.58. The lowest BCUT2D eigenvalue weighted by Gasteiger charge is -2.29. The molecule has 2 aromatic carbocycles. The molecule has 0 saturated carbocycles. The topological polar surface area (TPSA) is 134 Å². The van der Waals surface area contributed by atoms with Gasteiger partial charge in [0.1, 0.15) is 23.9 Å². The number of amides is 4. The average molecular weight is 494 g/mol. The summed E-state index contributed by atoms with van der Waals surface area (Å²) < 4.78 is 60.0. The van der Waals surface area contributed by atoms with Crippen LogP contribution in [0.4, 0.5) is 25.0 Å². The molecule has 2 N–H and O–H groups in total. The van der Waals surface area contributed by atoms with Gasteiger partial charge in [0.15, 0.2) is 5.25 Å². The molecule has 1 atom stereocenters. The molecular formula is C21H20F2N4O6S. The van der Waals surface area contributed by atoms with Gasteiger partial charge in [-0.15, -0.1) is 0 Å². The van der Waals surface area contributed by atoms with Crippen LogP contribution in [0.25, 0.3) is 0 Å². The van der Waals surface area contributed by atoms with E-state index in [1.807, 2.05) is 5.32 Å². The van der Waals surface area contributed by atoms with Crippen LogP contribution in [0.2, 0.25) is 0 Å². The molecular weight excluding hydrogens is 474 g/mol. The molecule has 10 nitrogen and oxygen atoms in total. The zero-order chi connectivity index (χ0) is 25.0. The van der Waals surface area contributed by atoms with Gasteiger partial charge < -0.3 is 10.1 Å². The van der Waals surface area contributed by atoms with Gasteiger partial charge in [-0.25, -0.2) is 27.0 Å². The monoisotopic (exact) mass is 494 g/mol. The van der Waals surface area contributed by atoms with Crippen molar-refractivity contribution < 1.29 is 36.3 Å². The van der Waals surface area contributed by atoms with E-state index in [1.165, 1.54) is 31.2 Å². The number of nitrogens with zero attached hydrogens (tertiary/aromatic N) is 2. The number of urea groups is 1. The molecule has 1 aliphatic rings. The van der Waals surface area contributed by atoms with Gasteiger partial charge in [0, 0.05) is 6.07 Å². The Hall–Kier alpha value is -3.87. The molecule has 1 aliphatic heterocycles. The van der Waals surface area contributed by atoms with Crippen molar-refractivity contribution in [2.24, 2.45) is 4.99 Å². The SMILES string of the molecule is CCOc1ccc(N(CC(=O)Nc2ccc(F)cc2F)S(=O)(=O)C2C(=O)NC(=O)N=C2C)cc1. The Morgan fingerprint density at radius 2 is 1.85 bits per heavy atom. The molecule has 13 heteroatoms. The standard InChI is InChI=1S/C21H20F2N4O6S/c1-3-33-15-7-5-14(6-8-15)27(11-18(28)25-17-9-4-13(22)10-16(17)23)34(31,32)19-12(2)24-21(30)26-20(19)29/h4-10,19H,3,11H2,1-2H3,(H,25,28)(H,26,29,30). The van der Waals surface area contributed by atoms with Crippen LogP contribution in [0, 0.1) is 11.6 Å². The molecule has 180 valence electrons. The number of aliphatic imine (C=N–C) groups is 1. The van der Waals surface area contributed by atoms with E-state index in [2.05, 4.69) is 10.3 Å². The van der Waals surface area contributed by atoms with Crippen molar-refractivity contribution in [2.75, 3.05) is 22.8 Å². The fraction of sp³-hybridized carbons (Fsp3) is 0.238. The van der Waals surface area contributed by atoms with Gasteiger partial charge in [0.25, 0.3) is 15.9 Å². The summed E-state index contributed by atoms with van der Waals surface area (Å²) in [5.41, 5.74) is -0.653. The fourth-order valence-electron chi connectivity index (χ4n) is 3.20. The highest BCUT2D eigenvalue weighted by molar-refractivity contribution is 7.95. The molecule has 3 rings (SSSR count). The van der Waals surface area contributed by atoms with E-state index in [1.54, 1.807) is 6.92 Å². The number of ether oxygens (including phenoxy) is 1. The molecule has 34 heavy (non-hydrogen) atoms. The maximum Gasteiger partial charge on any atom is 0.347 e. The fourth-order valence-corrected chi connectivity index (χ4v) is 4.98. The number of benzene rings is 2. The van der Waals surface area contributed by atoms with E-state index in [4.69, 9.17) is 4.74 Å². The highest BCUT2D eigenvalue weighted by Crippen LogP contribution is 2.26. The maximum atomic E-state index is 14.0. The van der Waals surface area contributed by atoms with Crippen molar-refractivity contribution >= 4 is 45.0 Å². The van der Waals surface area contributed by atoms with Crippen LogP contribution in [0.3, 0.4) is 0 Å². The van der Waals surface area contributed by atoms with Gasteiger partial charge in [-0.05, 0) is 50.2 Å². The predicted octanol–water partition coefficient (Wildman–Crippen LogP) is 2.22. The van der Waals surface area contributed by atoms with Crippen LogP contribution in [-0.4, -0.2) is 50.4 Å². The Morgan fingerprint density at radius 3 is 2.44 bits per heavy atom. The zero-order valence-electron chi connectivity index (χ0n) is 18.0. The number of nitrogens with one attached hydrogen (secondary N) is 2. The van der Waals surface area contributed by atoms with E-state index >= 15 is 0 Å². The molecule has 0 fully saturated rings. The van der Waals surface area contributed by atoms with Crippen molar-refractivity contribution in [3.05, 3.63) is 54.1 Å². The van der Waals surface area contributed by atoms with Crippen molar-refractivity contribution in [3.63, 3.8) is 0 Å². The van der Waals surface area contributed by atoms with Gasteiger partial charge in [-0.1, -0.05) is 0 Å². The number of carbonyl (C=O) groups excluding carboxylic acids is 3. The molecule has 0 aromatic heterocycles. The van der Waals surface area contributed by atoms with Gasteiger partial charge >= 0.3 is 6.03 Å². The molecule has 0 saturated heterocycles. The minimum Gasteiger partial charge on any atom is -0.494 e. The summed E-state index contributed by atoms with van der Waals surface area (Å²) in [6, 6.07) is 7.08. The summed E-state index contributed by atoms with van der Waals surface area (Å²) in [6.45, 7) is 2.45. The second kappa shape index (κ2) is 9.95. The lowest BCUT2D eigenvalue weighted by atomic mass is 10.2. The molecule has 1 unspecified atom stereocenters. The van der Waals surface area contributed by atoms with Crippen LogP contribution >= 0.6 is 0 Å². The number of imide groups is 1. The number of halogens is 2.